The fourth-order valence-electron chi connectivity index (χ4n) is 2.60. The molecule has 1 fully saturated rings. The third-order valence-corrected chi connectivity index (χ3v) is 3.58. The van der Waals surface area contributed by atoms with E-state index in [1.165, 1.54) is 18.4 Å². The fraction of sp³-hybridized carbons (Fsp3) is 0.714. The van der Waals surface area contributed by atoms with Crippen LogP contribution in [0.5, 0.6) is 0 Å². The van der Waals surface area contributed by atoms with Crippen LogP contribution in [0.25, 0.3) is 0 Å². The van der Waals surface area contributed by atoms with Gasteiger partial charge in [0.2, 0.25) is 0 Å². The monoisotopic (exact) mass is 237 g/mol. The summed E-state index contributed by atoms with van der Waals surface area (Å²) in [6.07, 6.45) is 8.24. The smallest absolute Gasteiger partial charge is 0.0951 e. The van der Waals surface area contributed by atoms with Gasteiger partial charge in [0.1, 0.15) is 0 Å². The summed E-state index contributed by atoms with van der Waals surface area (Å²) in [4.78, 5) is 0. The van der Waals surface area contributed by atoms with E-state index in [1.54, 1.807) is 6.26 Å². The molecule has 0 radical (unpaired) electrons. The van der Waals surface area contributed by atoms with Crippen LogP contribution < -0.4 is 5.32 Å². The predicted molar refractivity (Wildman–Crippen MR) is 68.0 cm³/mol. The molecule has 1 aromatic heterocycles. The maximum Gasteiger partial charge on any atom is 0.0951 e. The van der Waals surface area contributed by atoms with Gasteiger partial charge in [0.05, 0.1) is 24.2 Å². The molecular formula is C14H23NO2. The van der Waals surface area contributed by atoms with E-state index in [-0.39, 0.29) is 11.6 Å². The van der Waals surface area contributed by atoms with Crippen molar-refractivity contribution in [2.45, 2.75) is 51.2 Å². The van der Waals surface area contributed by atoms with Crippen LogP contribution >= 0.6 is 0 Å². The first-order chi connectivity index (χ1) is 8.26. The quantitative estimate of drug-likeness (QED) is 0.853. The molecule has 0 saturated carbocycles. The standard InChI is InChI=1S/C14H23NO2/c1-3-8-15-13(12-6-10-16-11-12)14(2)7-4-5-9-17-14/h6,10-11,13,15H,3-5,7-9H2,1-2H3. The van der Waals surface area contributed by atoms with Crippen molar-refractivity contribution in [1.82, 2.24) is 5.32 Å². The highest BCUT2D eigenvalue weighted by atomic mass is 16.5. The van der Waals surface area contributed by atoms with Crippen molar-refractivity contribution in [3.05, 3.63) is 24.2 Å². The third kappa shape index (κ3) is 2.90. The van der Waals surface area contributed by atoms with Crippen molar-refractivity contribution < 1.29 is 9.15 Å². The number of ether oxygens (including phenoxy) is 1. The first kappa shape index (κ1) is 12.7. The van der Waals surface area contributed by atoms with Gasteiger partial charge in [-0.2, -0.15) is 0 Å². The molecule has 0 aliphatic carbocycles. The molecule has 0 amide bonds. The Hall–Kier alpha value is -0.800. The number of furan rings is 1. The Labute approximate surface area is 104 Å². The van der Waals surface area contributed by atoms with E-state index in [9.17, 15) is 0 Å². The molecule has 1 aliphatic heterocycles. The van der Waals surface area contributed by atoms with Crippen LogP contribution in [0.4, 0.5) is 0 Å². The van der Waals surface area contributed by atoms with E-state index in [1.807, 2.05) is 12.3 Å². The molecule has 2 heterocycles. The number of rotatable bonds is 5. The molecule has 3 heteroatoms. The van der Waals surface area contributed by atoms with Crippen molar-refractivity contribution in [2.24, 2.45) is 0 Å². The van der Waals surface area contributed by atoms with Crippen molar-refractivity contribution in [3.63, 3.8) is 0 Å². The summed E-state index contributed by atoms with van der Waals surface area (Å²) < 4.78 is 11.3. The highest BCUT2D eigenvalue weighted by Gasteiger charge is 2.37. The van der Waals surface area contributed by atoms with Gasteiger partial charge < -0.3 is 14.5 Å². The van der Waals surface area contributed by atoms with Crippen LogP contribution in [0.3, 0.4) is 0 Å². The van der Waals surface area contributed by atoms with E-state index in [4.69, 9.17) is 9.15 Å². The van der Waals surface area contributed by atoms with Gasteiger partial charge >= 0.3 is 0 Å². The van der Waals surface area contributed by atoms with E-state index in [0.29, 0.717) is 0 Å². The van der Waals surface area contributed by atoms with Crippen LogP contribution in [-0.4, -0.2) is 18.8 Å². The summed E-state index contributed by atoms with van der Waals surface area (Å²) in [6.45, 7) is 6.28. The van der Waals surface area contributed by atoms with Crippen molar-refractivity contribution in [1.29, 1.82) is 0 Å². The van der Waals surface area contributed by atoms with Crippen LogP contribution in [-0.2, 0) is 4.74 Å². The van der Waals surface area contributed by atoms with Crippen LogP contribution in [0.2, 0.25) is 0 Å². The van der Waals surface area contributed by atoms with Crippen LogP contribution in [0.15, 0.2) is 23.0 Å². The topological polar surface area (TPSA) is 34.4 Å². The summed E-state index contributed by atoms with van der Waals surface area (Å²) in [7, 11) is 0. The zero-order valence-corrected chi connectivity index (χ0v) is 10.9. The second-order valence-electron chi connectivity index (χ2n) is 5.06. The van der Waals surface area contributed by atoms with E-state index < -0.39 is 0 Å². The normalized spacial score (nSPS) is 26.9. The molecule has 0 bridgehead atoms. The largest absolute Gasteiger partial charge is 0.472 e. The molecule has 2 unspecified atom stereocenters. The van der Waals surface area contributed by atoms with Gasteiger partial charge in [0.25, 0.3) is 0 Å². The molecule has 1 saturated heterocycles. The molecule has 2 atom stereocenters. The Balaban J connectivity index is 2.13. The van der Waals surface area contributed by atoms with Crippen molar-refractivity contribution in [2.75, 3.05) is 13.2 Å². The summed E-state index contributed by atoms with van der Waals surface area (Å²) in [5.41, 5.74) is 1.10. The van der Waals surface area contributed by atoms with E-state index in [0.717, 1.165) is 26.0 Å². The Morgan fingerprint density at radius 1 is 1.47 bits per heavy atom. The second-order valence-corrected chi connectivity index (χ2v) is 5.06. The number of hydrogen-bond donors (Lipinski definition) is 1. The molecule has 1 aliphatic rings. The fourth-order valence-corrected chi connectivity index (χ4v) is 2.60. The maximum atomic E-state index is 6.04. The summed E-state index contributed by atoms with van der Waals surface area (Å²) in [5, 5.41) is 3.60. The minimum Gasteiger partial charge on any atom is -0.472 e. The average Bonchev–Trinajstić information content (AvgIpc) is 2.84. The van der Waals surface area contributed by atoms with Crippen molar-refractivity contribution in [3.8, 4) is 0 Å². The first-order valence-electron chi connectivity index (χ1n) is 6.66. The average molecular weight is 237 g/mol. The zero-order valence-electron chi connectivity index (χ0n) is 10.9. The lowest BCUT2D eigenvalue weighted by Gasteiger charge is -2.40. The Morgan fingerprint density at radius 2 is 2.35 bits per heavy atom. The highest BCUT2D eigenvalue weighted by molar-refractivity contribution is 5.17. The first-order valence-corrected chi connectivity index (χ1v) is 6.66. The Morgan fingerprint density at radius 3 is 2.94 bits per heavy atom. The van der Waals surface area contributed by atoms with Crippen LogP contribution in [0, 0.1) is 0 Å². The van der Waals surface area contributed by atoms with Gasteiger partial charge in [-0.3, -0.25) is 0 Å². The van der Waals surface area contributed by atoms with Crippen LogP contribution in [0.1, 0.15) is 51.1 Å². The summed E-state index contributed by atoms with van der Waals surface area (Å²) >= 11 is 0. The van der Waals surface area contributed by atoms with Gasteiger partial charge in [0.15, 0.2) is 0 Å². The molecule has 1 N–H and O–H groups in total. The lowest BCUT2D eigenvalue weighted by Crippen LogP contribution is -2.46. The summed E-state index contributed by atoms with van der Waals surface area (Å²) in [6, 6.07) is 2.28. The molecule has 0 spiro atoms. The molecule has 2 rings (SSSR count). The minimum absolute atomic E-state index is 0.0999. The highest BCUT2D eigenvalue weighted by Crippen LogP contribution is 2.36. The molecule has 96 valence electrons. The van der Waals surface area contributed by atoms with E-state index >= 15 is 0 Å². The Kier molecular flexibility index (Phi) is 4.24. The number of hydrogen-bond acceptors (Lipinski definition) is 3. The van der Waals surface area contributed by atoms with Gasteiger partial charge in [0, 0.05) is 12.2 Å². The zero-order chi connectivity index (χ0) is 12.1. The van der Waals surface area contributed by atoms with Gasteiger partial charge in [-0.15, -0.1) is 0 Å². The second kappa shape index (κ2) is 5.69. The molecule has 17 heavy (non-hydrogen) atoms. The minimum atomic E-state index is -0.0999. The summed E-state index contributed by atoms with van der Waals surface area (Å²) in [5.74, 6) is 0. The Bertz CT molecular complexity index is 315. The maximum absolute atomic E-state index is 6.04. The lowest BCUT2D eigenvalue weighted by molar-refractivity contribution is -0.0898. The SMILES string of the molecule is CCCNC(c1ccoc1)C1(C)CCCCO1. The predicted octanol–water partition coefficient (Wildman–Crippen LogP) is 3.28. The van der Waals surface area contributed by atoms with Gasteiger partial charge in [-0.25, -0.2) is 0 Å². The van der Waals surface area contributed by atoms with Crippen molar-refractivity contribution >= 4 is 0 Å². The third-order valence-electron chi connectivity index (χ3n) is 3.58. The van der Waals surface area contributed by atoms with E-state index in [2.05, 4.69) is 19.2 Å². The molecular weight excluding hydrogens is 214 g/mol. The molecule has 1 aromatic rings. The molecule has 3 nitrogen and oxygen atoms in total. The van der Waals surface area contributed by atoms with Gasteiger partial charge in [-0.05, 0) is 45.2 Å². The number of nitrogens with one attached hydrogen (secondary N) is 1. The molecule has 0 aromatic carbocycles. The lowest BCUT2D eigenvalue weighted by atomic mass is 9.85. The van der Waals surface area contributed by atoms with Gasteiger partial charge in [-0.1, -0.05) is 6.92 Å².